The second-order valence-corrected chi connectivity index (χ2v) is 2.50. The average Bonchev–Trinajstić information content (AvgIpc) is 2.51. The molecule has 0 saturated heterocycles. The molecule has 4 nitrogen and oxygen atoms in total. The Hall–Kier alpha value is -1.52. The molecule has 0 aliphatic carbocycles. The number of nitrogens with one attached hydrogen (secondary N) is 2. The van der Waals surface area contributed by atoms with Crippen LogP contribution in [0.4, 0.5) is 5.69 Å². The number of hydrogen-bond acceptors (Lipinski definition) is 3. The summed E-state index contributed by atoms with van der Waals surface area (Å²) in [6.07, 6.45) is 1.89. The Morgan fingerprint density at radius 2 is 2.25 bits per heavy atom. The van der Waals surface area contributed by atoms with Crippen LogP contribution in [0.15, 0.2) is 30.5 Å². The fraction of sp³-hybridized carbons (Fsp3) is 0. The highest BCUT2D eigenvalue weighted by atomic mass is 16.8. The summed E-state index contributed by atoms with van der Waals surface area (Å²) in [6.45, 7) is 0. The lowest BCUT2D eigenvalue weighted by Crippen LogP contribution is -2.06. The molecule has 4 N–H and O–H groups in total. The van der Waals surface area contributed by atoms with E-state index in [2.05, 4.69) is 15.4 Å². The molecule has 2 aromatic rings. The summed E-state index contributed by atoms with van der Waals surface area (Å²) < 4.78 is 0. The van der Waals surface area contributed by atoms with Crippen molar-refractivity contribution in [3.8, 4) is 0 Å². The minimum atomic E-state index is 0.826. The molecule has 0 amide bonds. The number of hydrogen-bond donors (Lipinski definition) is 3. The number of nitrogens with two attached hydrogens (primary N) is 1. The zero-order valence-corrected chi connectivity index (χ0v) is 6.37. The third kappa shape index (κ3) is 1.13. The monoisotopic (exact) mass is 163 g/mol. The van der Waals surface area contributed by atoms with Gasteiger partial charge >= 0.3 is 0 Å². The Kier molecular flexibility index (Phi) is 1.69. The van der Waals surface area contributed by atoms with E-state index >= 15 is 0 Å². The summed E-state index contributed by atoms with van der Waals surface area (Å²) in [6, 6.07) is 7.79. The van der Waals surface area contributed by atoms with Crippen molar-refractivity contribution in [2.75, 3.05) is 5.48 Å². The number of H-pyrrole nitrogens is 1. The molecule has 0 fully saturated rings. The number of rotatable bonds is 2. The molecule has 0 saturated carbocycles. The maximum atomic E-state index is 4.86. The lowest BCUT2D eigenvalue weighted by Gasteiger charge is -2.00. The zero-order valence-electron chi connectivity index (χ0n) is 6.37. The van der Waals surface area contributed by atoms with Crippen LogP contribution in [0.1, 0.15) is 0 Å². The van der Waals surface area contributed by atoms with Crippen LogP contribution >= 0.6 is 0 Å². The van der Waals surface area contributed by atoms with Gasteiger partial charge in [-0.1, -0.05) is 6.07 Å². The SMILES string of the molecule is NONc1ccc2cc[nH]c2c1. The minimum Gasteiger partial charge on any atom is -0.361 e. The Balaban J connectivity index is 2.46. The second-order valence-electron chi connectivity index (χ2n) is 2.50. The lowest BCUT2D eigenvalue weighted by atomic mass is 10.2. The molecule has 2 rings (SSSR count). The van der Waals surface area contributed by atoms with Gasteiger partial charge in [-0.3, -0.25) is 0 Å². The third-order valence-corrected chi connectivity index (χ3v) is 1.73. The fourth-order valence-electron chi connectivity index (χ4n) is 1.18. The Labute approximate surface area is 69.2 Å². The maximum absolute atomic E-state index is 4.86. The van der Waals surface area contributed by atoms with Gasteiger partial charge in [-0.05, 0) is 23.6 Å². The van der Waals surface area contributed by atoms with Crippen LogP contribution < -0.4 is 11.4 Å². The normalized spacial score (nSPS) is 10.4. The predicted octanol–water partition coefficient (Wildman–Crippen LogP) is 1.39. The first-order chi connectivity index (χ1) is 5.90. The quantitative estimate of drug-likeness (QED) is 0.586. The number of aromatic nitrogens is 1. The van der Waals surface area contributed by atoms with Gasteiger partial charge in [0.2, 0.25) is 0 Å². The zero-order chi connectivity index (χ0) is 8.39. The van der Waals surface area contributed by atoms with Gasteiger partial charge in [0.05, 0.1) is 5.69 Å². The van der Waals surface area contributed by atoms with Gasteiger partial charge in [0.1, 0.15) is 0 Å². The molecule has 1 aromatic heterocycles. The number of aromatic amines is 1. The first-order valence-corrected chi connectivity index (χ1v) is 3.59. The maximum Gasteiger partial charge on any atom is 0.0644 e. The summed E-state index contributed by atoms with van der Waals surface area (Å²) in [5.74, 6) is 4.86. The first kappa shape index (κ1) is 7.15. The molecular formula is C8H9N3O. The molecule has 1 heterocycles. The van der Waals surface area contributed by atoms with Crippen molar-refractivity contribution in [2.24, 2.45) is 5.90 Å². The van der Waals surface area contributed by atoms with E-state index in [0.717, 1.165) is 16.6 Å². The van der Waals surface area contributed by atoms with E-state index in [0.29, 0.717) is 0 Å². The standard InChI is InChI=1S/C8H9N3O/c9-12-11-7-2-1-6-3-4-10-8(6)5-7/h1-5,10-11H,9H2. The van der Waals surface area contributed by atoms with Crippen LogP contribution in [0.3, 0.4) is 0 Å². The highest BCUT2D eigenvalue weighted by molar-refractivity contribution is 5.82. The summed E-state index contributed by atoms with van der Waals surface area (Å²) in [5, 5.41) is 1.16. The van der Waals surface area contributed by atoms with Gasteiger partial charge in [-0.15, -0.1) is 0 Å². The summed E-state index contributed by atoms with van der Waals surface area (Å²) in [4.78, 5) is 7.37. The van der Waals surface area contributed by atoms with Crippen LogP contribution in [-0.2, 0) is 4.94 Å². The first-order valence-electron chi connectivity index (χ1n) is 3.59. The van der Waals surface area contributed by atoms with Crippen molar-refractivity contribution in [1.82, 2.24) is 4.98 Å². The third-order valence-electron chi connectivity index (χ3n) is 1.73. The van der Waals surface area contributed by atoms with Gasteiger partial charge in [-0.2, -0.15) is 10.8 Å². The van der Waals surface area contributed by atoms with Crippen molar-refractivity contribution < 1.29 is 4.94 Å². The van der Waals surface area contributed by atoms with E-state index in [9.17, 15) is 0 Å². The molecule has 0 aliphatic rings. The van der Waals surface area contributed by atoms with Crippen LogP contribution in [0, 0.1) is 0 Å². The highest BCUT2D eigenvalue weighted by Crippen LogP contribution is 2.16. The lowest BCUT2D eigenvalue weighted by molar-refractivity contribution is 0.201. The van der Waals surface area contributed by atoms with Crippen molar-refractivity contribution in [2.45, 2.75) is 0 Å². The molecule has 0 radical (unpaired) electrons. The van der Waals surface area contributed by atoms with Gasteiger partial charge in [0, 0.05) is 11.7 Å². The largest absolute Gasteiger partial charge is 0.361 e. The summed E-state index contributed by atoms with van der Waals surface area (Å²) in [5.41, 5.74) is 4.43. The van der Waals surface area contributed by atoms with E-state index in [1.54, 1.807) is 0 Å². The molecule has 0 aliphatic heterocycles. The minimum absolute atomic E-state index is 0.826. The van der Waals surface area contributed by atoms with Gasteiger partial charge in [0.25, 0.3) is 0 Å². The van der Waals surface area contributed by atoms with Crippen molar-refractivity contribution in [1.29, 1.82) is 0 Å². The van der Waals surface area contributed by atoms with Gasteiger partial charge < -0.3 is 4.98 Å². The fourth-order valence-corrected chi connectivity index (χ4v) is 1.18. The topological polar surface area (TPSA) is 63.1 Å². The van der Waals surface area contributed by atoms with E-state index < -0.39 is 0 Å². The molecule has 1 aromatic carbocycles. The summed E-state index contributed by atoms with van der Waals surface area (Å²) in [7, 11) is 0. The van der Waals surface area contributed by atoms with E-state index in [-0.39, 0.29) is 0 Å². The number of benzene rings is 1. The molecule has 12 heavy (non-hydrogen) atoms. The van der Waals surface area contributed by atoms with E-state index in [1.807, 2.05) is 30.5 Å². The highest BCUT2D eigenvalue weighted by Gasteiger charge is 1.95. The molecular weight excluding hydrogens is 154 g/mol. The Morgan fingerprint density at radius 1 is 1.33 bits per heavy atom. The van der Waals surface area contributed by atoms with Gasteiger partial charge in [-0.25, -0.2) is 5.48 Å². The van der Waals surface area contributed by atoms with Crippen molar-refractivity contribution in [3.05, 3.63) is 30.5 Å². The number of fused-ring (bicyclic) bond motifs is 1. The molecule has 0 atom stereocenters. The Bertz CT molecular complexity index is 382. The average molecular weight is 163 g/mol. The Morgan fingerprint density at radius 3 is 3.08 bits per heavy atom. The molecule has 0 spiro atoms. The van der Waals surface area contributed by atoms with Gasteiger partial charge in [0.15, 0.2) is 0 Å². The van der Waals surface area contributed by atoms with Crippen LogP contribution in [0.5, 0.6) is 0 Å². The molecule has 0 bridgehead atoms. The molecule has 4 heteroatoms. The van der Waals surface area contributed by atoms with Crippen LogP contribution in [0.2, 0.25) is 0 Å². The predicted molar refractivity (Wildman–Crippen MR) is 47.2 cm³/mol. The second kappa shape index (κ2) is 2.84. The van der Waals surface area contributed by atoms with E-state index in [1.165, 1.54) is 0 Å². The molecule has 0 unspecified atom stereocenters. The summed E-state index contributed by atoms with van der Waals surface area (Å²) >= 11 is 0. The number of anilines is 1. The van der Waals surface area contributed by atoms with Crippen molar-refractivity contribution in [3.63, 3.8) is 0 Å². The van der Waals surface area contributed by atoms with Crippen molar-refractivity contribution >= 4 is 16.6 Å². The van der Waals surface area contributed by atoms with Crippen LogP contribution in [-0.4, -0.2) is 4.98 Å². The van der Waals surface area contributed by atoms with Crippen LogP contribution in [0.25, 0.3) is 10.9 Å². The molecule has 62 valence electrons. The smallest absolute Gasteiger partial charge is 0.0644 e. The van der Waals surface area contributed by atoms with E-state index in [4.69, 9.17) is 5.90 Å².